The van der Waals surface area contributed by atoms with E-state index in [0.717, 1.165) is 4.88 Å². The van der Waals surface area contributed by atoms with Gasteiger partial charge in [-0.2, -0.15) is 0 Å². The minimum absolute atomic E-state index is 0.0305. The van der Waals surface area contributed by atoms with Gasteiger partial charge in [-0.3, -0.25) is 14.5 Å². The van der Waals surface area contributed by atoms with Gasteiger partial charge in [0.15, 0.2) is 6.10 Å². The van der Waals surface area contributed by atoms with Crippen LogP contribution in [-0.4, -0.2) is 35.9 Å². The van der Waals surface area contributed by atoms with Crippen molar-refractivity contribution in [2.24, 2.45) is 0 Å². The Bertz CT molecular complexity index is 730. The first-order valence-corrected chi connectivity index (χ1v) is 8.85. The van der Waals surface area contributed by atoms with Gasteiger partial charge in [-0.1, -0.05) is 18.2 Å². The number of para-hydroxylation sites is 2. The van der Waals surface area contributed by atoms with E-state index in [9.17, 15) is 9.59 Å². The molecular formula is C18H20N2O3S. The second-order valence-corrected chi connectivity index (χ2v) is 6.67. The van der Waals surface area contributed by atoms with Crippen LogP contribution in [0.4, 0.5) is 5.69 Å². The van der Waals surface area contributed by atoms with Crippen LogP contribution in [0.25, 0.3) is 0 Å². The topological polar surface area (TPSA) is 49.9 Å². The minimum atomic E-state index is -0.583. The Balaban J connectivity index is 1.78. The maximum atomic E-state index is 12.7. The number of carbonyl (C=O) groups excluding carboxylic acids is 2. The number of benzene rings is 1. The highest BCUT2D eigenvalue weighted by atomic mass is 32.1. The summed E-state index contributed by atoms with van der Waals surface area (Å²) in [6.45, 7) is 4.86. The van der Waals surface area contributed by atoms with Crippen LogP contribution < -0.4 is 9.64 Å². The highest BCUT2D eigenvalue weighted by molar-refractivity contribution is 7.09. The number of anilines is 1. The summed E-state index contributed by atoms with van der Waals surface area (Å²) in [7, 11) is 0. The molecule has 0 radical (unpaired) electrons. The fourth-order valence-electron chi connectivity index (χ4n) is 2.72. The zero-order valence-electron chi connectivity index (χ0n) is 13.8. The molecule has 0 aliphatic carbocycles. The largest absolute Gasteiger partial charge is 0.479 e. The standard InChI is InChI=1S/C18H20N2O3S/c1-3-19(11-14-7-6-10-24-14)17(21)12-20-15-8-4-5-9-16(15)23-13(2)18(20)22/h4-10,13H,3,11-12H2,1-2H3. The molecule has 1 aliphatic heterocycles. The van der Waals surface area contributed by atoms with Crippen molar-refractivity contribution in [3.8, 4) is 5.75 Å². The Labute approximate surface area is 145 Å². The van der Waals surface area contributed by atoms with Crippen LogP contribution in [0.15, 0.2) is 41.8 Å². The molecule has 1 aromatic carbocycles. The third kappa shape index (κ3) is 3.28. The number of nitrogens with zero attached hydrogens (tertiary/aromatic N) is 2. The SMILES string of the molecule is CCN(Cc1cccs1)C(=O)CN1C(=O)C(C)Oc2ccccc21. The van der Waals surface area contributed by atoms with Gasteiger partial charge in [0.2, 0.25) is 5.91 Å². The molecule has 0 fully saturated rings. The lowest BCUT2D eigenvalue weighted by Crippen LogP contribution is -2.49. The Morgan fingerprint density at radius 3 is 2.79 bits per heavy atom. The molecule has 24 heavy (non-hydrogen) atoms. The van der Waals surface area contributed by atoms with Gasteiger partial charge in [0.05, 0.1) is 12.2 Å². The molecule has 2 amide bonds. The van der Waals surface area contributed by atoms with Crippen molar-refractivity contribution in [2.75, 3.05) is 18.0 Å². The normalized spacial score (nSPS) is 16.5. The summed E-state index contributed by atoms with van der Waals surface area (Å²) in [6.07, 6.45) is -0.583. The lowest BCUT2D eigenvalue weighted by molar-refractivity contribution is -0.133. The van der Waals surface area contributed by atoms with E-state index >= 15 is 0 Å². The highest BCUT2D eigenvalue weighted by Crippen LogP contribution is 2.33. The molecule has 0 spiro atoms. The van der Waals surface area contributed by atoms with Crippen molar-refractivity contribution in [2.45, 2.75) is 26.5 Å². The van der Waals surface area contributed by atoms with Crippen LogP contribution in [-0.2, 0) is 16.1 Å². The Morgan fingerprint density at radius 2 is 2.08 bits per heavy atom. The van der Waals surface area contributed by atoms with Crippen LogP contribution in [0.5, 0.6) is 5.75 Å². The maximum absolute atomic E-state index is 12.7. The molecule has 2 aromatic rings. The number of thiophene rings is 1. The second-order valence-electron chi connectivity index (χ2n) is 5.64. The lowest BCUT2D eigenvalue weighted by Gasteiger charge is -2.33. The highest BCUT2D eigenvalue weighted by Gasteiger charge is 2.33. The van der Waals surface area contributed by atoms with Crippen LogP contribution in [0.2, 0.25) is 0 Å². The number of hydrogen-bond donors (Lipinski definition) is 0. The number of fused-ring (bicyclic) bond motifs is 1. The Morgan fingerprint density at radius 1 is 1.29 bits per heavy atom. The zero-order chi connectivity index (χ0) is 17.1. The van der Waals surface area contributed by atoms with Crippen molar-refractivity contribution < 1.29 is 14.3 Å². The van der Waals surface area contributed by atoms with E-state index in [-0.39, 0.29) is 18.4 Å². The van der Waals surface area contributed by atoms with Gasteiger partial charge in [0, 0.05) is 11.4 Å². The molecule has 6 heteroatoms. The summed E-state index contributed by atoms with van der Waals surface area (Å²) < 4.78 is 5.61. The van der Waals surface area contributed by atoms with Crippen molar-refractivity contribution in [1.82, 2.24) is 4.90 Å². The van der Waals surface area contributed by atoms with Crippen molar-refractivity contribution in [1.29, 1.82) is 0 Å². The maximum Gasteiger partial charge on any atom is 0.268 e. The van der Waals surface area contributed by atoms with Gasteiger partial charge in [-0.25, -0.2) is 0 Å². The molecule has 0 N–H and O–H groups in total. The van der Waals surface area contributed by atoms with Gasteiger partial charge in [-0.15, -0.1) is 11.3 Å². The molecule has 1 unspecified atom stereocenters. The van der Waals surface area contributed by atoms with Crippen molar-refractivity contribution in [3.63, 3.8) is 0 Å². The summed E-state index contributed by atoms with van der Waals surface area (Å²) in [5, 5.41) is 2.00. The molecule has 126 valence electrons. The van der Waals surface area contributed by atoms with Gasteiger partial charge >= 0.3 is 0 Å². The Hall–Kier alpha value is -2.34. The zero-order valence-corrected chi connectivity index (χ0v) is 14.6. The third-order valence-corrected chi connectivity index (χ3v) is 4.89. The summed E-state index contributed by atoms with van der Waals surface area (Å²) in [6, 6.07) is 11.3. The predicted octanol–water partition coefficient (Wildman–Crippen LogP) is 2.91. The van der Waals surface area contributed by atoms with E-state index in [4.69, 9.17) is 4.74 Å². The van der Waals surface area contributed by atoms with Crippen LogP contribution in [0.1, 0.15) is 18.7 Å². The van der Waals surface area contributed by atoms with Gasteiger partial charge in [0.1, 0.15) is 12.3 Å². The molecule has 0 saturated carbocycles. The molecule has 0 saturated heterocycles. The molecular weight excluding hydrogens is 324 g/mol. The fraction of sp³-hybridized carbons (Fsp3) is 0.333. The molecule has 3 rings (SSSR count). The Kier molecular flexibility index (Phi) is 4.85. The van der Waals surface area contributed by atoms with Gasteiger partial charge < -0.3 is 9.64 Å². The fourth-order valence-corrected chi connectivity index (χ4v) is 3.44. The average molecular weight is 344 g/mol. The van der Waals surface area contributed by atoms with E-state index in [1.165, 1.54) is 4.90 Å². The number of amides is 2. The van der Waals surface area contributed by atoms with Crippen molar-refractivity contribution >= 4 is 28.8 Å². The third-order valence-electron chi connectivity index (χ3n) is 4.03. The van der Waals surface area contributed by atoms with Crippen molar-refractivity contribution in [3.05, 3.63) is 46.7 Å². The number of carbonyl (C=O) groups is 2. The number of likely N-dealkylation sites (N-methyl/N-ethyl adjacent to an activating group) is 1. The molecule has 1 atom stereocenters. The molecule has 5 nitrogen and oxygen atoms in total. The van der Waals surface area contributed by atoms with E-state index in [1.54, 1.807) is 23.2 Å². The van der Waals surface area contributed by atoms with Crippen LogP contribution >= 0.6 is 11.3 Å². The monoisotopic (exact) mass is 344 g/mol. The summed E-state index contributed by atoms with van der Waals surface area (Å²) >= 11 is 1.63. The van der Waals surface area contributed by atoms with E-state index in [0.29, 0.717) is 24.5 Å². The summed E-state index contributed by atoms with van der Waals surface area (Å²) in [4.78, 5) is 29.6. The summed E-state index contributed by atoms with van der Waals surface area (Å²) in [5.41, 5.74) is 0.654. The molecule has 2 heterocycles. The number of hydrogen-bond acceptors (Lipinski definition) is 4. The van der Waals surface area contributed by atoms with Gasteiger partial charge in [-0.05, 0) is 37.4 Å². The minimum Gasteiger partial charge on any atom is -0.479 e. The quantitative estimate of drug-likeness (QED) is 0.838. The first-order chi connectivity index (χ1) is 11.6. The average Bonchev–Trinajstić information content (AvgIpc) is 3.09. The molecule has 1 aliphatic rings. The van der Waals surface area contributed by atoms with E-state index in [1.807, 2.05) is 48.7 Å². The smallest absolute Gasteiger partial charge is 0.268 e. The van der Waals surface area contributed by atoms with Crippen LogP contribution in [0.3, 0.4) is 0 Å². The van der Waals surface area contributed by atoms with E-state index in [2.05, 4.69) is 0 Å². The number of rotatable bonds is 5. The predicted molar refractivity (Wildman–Crippen MR) is 94.3 cm³/mol. The first-order valence-electron chi connectivity index (χ1n) is 7.97. The van der Waals surface area contributed by atoms with Gasteiger partial charge in [0.25, 0.3) is 5.91 Å². The molecule has 1 aromatic heterocycles. The lowest BCUT2D eigenvalue weighted by atomic mass is 10.2. The van der Waals surface area contributed by atoms with Crippen LogP contribution in [0, 0.1) is 0 Å². The summed E-state index contributed by atoms with van der Waals surface area (Å²) in [5.74, 6) is 0.385. The second kappa shape index (κ2) is 7.05. The first kappa shape index (κ1) is 16.5. The molecule has 0 bridgehead atoms. The van der Waals surface area contributed by atoms with E-state index < -0.39 is 6.10 Å². The number of ether oxygens (including phenoxy) is 1.